The van der Waals surface area contributed by atoms with Gasteiger partial charge >= 0.3 is 0 Å². The Morgan fingerprint density at radius 3 is 2.54 bits per heavy atom. The molecular formula is C42H47N11O8. The molecule has 2 N–H and O–H groups in total. The van der Waals surface area contributed by atoms with Crippen molar-refractivity contribution in [2.45, 2.75) is 71.2 Å². The third-order valence-corrected chi connectivity index (χ3v) is 11.5. The smallest absolute Gasteiger partial charge is 0.262 e. The van der Waals surface area contributed by atoms with Crippen LogP contribution in [-0.4, -0.2) is 129 Å². The average molecular weight is 834 g/mol. The van der Waals surface area contributed by atoms with E-state index in [1.807, 2.05) is 29.7 Å². The lowest BCUT2D eigenvalue weighted by atomic mass is 10.0. The summed E-state index contributed by atoms with van der Waals surface area (Å²) in [5, 5.41) is 13.6. The minimum Gasteiger partial charge on any atom is -0.383 e. The van der Waals surface area contributed by atoms with Crippen LogP contribution in [-0.2, 0) is 43.5 Å². The lowest BCUT2D eigenvalue weighted by Crippen LogP contribution is -2.54. The number of nitrogens with zero attached hydrogens (tertiary/aromatic N) is 9. The molecule has 4 aliphatic rings. The van der Waals surface area contributed by atoms with Crippen LogP contribution >= 0.6 is 0 Å². The Kier molecular flexibility index (Phi) is 11.8. The van der Waals surface area contributed by atoms with Crippen molar-refractivity contribution in [3.63, 3.8) is 0 Å². The highest BCUT2D eigenvalue weighted by molar-refractivity contribution is 6.23. The number of carbonyl (C=O) groups excluding carboxylic acids is 6. The topological polar surface area (TPSA) is 214 Å². The van der Waals surface area contributed by atoms with Crippen LogP contribution < -0.4 is 20.4 Å². The zero-order chi connectivity index (χ0) is 42.8. The number of carbonyl (C=O) groups is 6. The number of nitrogens with one attached hydrogen (secondary N) is 2. The fourth-order valence-corrected chi connectivity index (χ4v) is 8.12. The molecule has 4 aliphatic heterocycles. The van der Waals surface area contributed by atoms with Crippen LogP contribution in [0, 0.1) is 0 Å². The van der Waals surface area contributed by atoms with Crippen molar-refractivity contribution in [1.29, 1.82) is 0 Å². The number of benzene rings is 1. The van der Waals surface area contributed by atoms with Crippen molar-refractivity contribution in [1.82, 2.24) is 39.8 Å². The van der Waals surface area contributed by atoms with Crippen LogP contribution in [0.5, 0.6) is 0 Å². The number of aryl methyl sites for hydroxylation is 1. The van der Waals surface area contributed by atoms with Crippen molar-refractivity contribution in [2.24, 2.45) is 0 Å². The van der Waals surface area contributed by atoms with Crippen LogP contribution in [0.2, 0.25) is 0 Å². The standard InChI is InChI=1S/C42H47N11O8/c1-4-50-24-44-48-38(50)31-8-5-9-34(45-31)52-21-30-29(40(52)57)20-35(51-15-6-7-25(51)2)46-32(30)22-49(3)37(55)23-61-18-17-60-16-14-43-26-10-11-27-28(19-26)42(59)53(41(27)58)33-12-13-36(54)47-39(33)56/h5,8-11,19-20,24-25,33,43H,4,6-7,12-18,21-23H2,1-3H3,(H,47,54,56)/t25-,33?/m1/s1. The number of fused-ring (bicyclic) bond motifs is 2. The van der Waals surface area contributed by atoms with Gasteiger partial charge in [-0.3, -0.25) is 43.9 Å². The first kappa shape index (κ1) is 41.1. The van der Waals surface area contributed by atoms with Gasteiger partial charge in [-0.2, -0.15) is 0 Å². The van der Waals surface area contributed by atoms with E-state index in [9.17, 15) is 28.8 Å². The number of anilines is 3. The predicted molar refractivity (Wildman–Crippen MR) is 219 cm³/mol. The number of likely N-dealkylation sites (N-methyl/N-ethyl adjacent to an activating group) is 1. The van der Waals surface area contributed by atoms with Crippen molar-refractivity contribution in [2.75, 3.05) is 61.7 Å². The van der Waals surface area contributed by atoms with E-state index in [4.69, 9.17) is 19.4 Å². The highest BCUT2D eigenvalue weighted by Crippen LogP contribution is 2.35. The number of aromatic nitrogens is 5. The summed E-state index contributed by atoms with van der Waals surface area (Å²) < 4.78 is 13.2. The number of pyridine rings is 2. The Balaban J connectivity index is 0.826. The molecular weight excluding hydrogens is 787 g/mol. The first-order valence-electron chi connectivity index (χ1n) is 20.5. The predicted octanol–water partition coefficient (Wildman–Crippen LogP) is 2.41. The fourth-order valence-electron chi connectivity index (χ4n) is 8.12. The zero-order valence-corrected chi connectivity index (χ0v) is 34.3. The second-order valence-corrected chi connectivity index (χ2v) is 15.4. The van der Waals surface area contributed by atoms with E-state index in [0.29, 0.717) is 59.8 Å². The van der Waals surface area contributed by atoms with Crippen molar-refractivity contribution < 1.29 is 38.2 Å². The van der Waals surface area contributed by atoms with Gasteiger partial charge in [-0.1, -0.05) is 6.07 Å². The Hall–Kier alpha value is -6.60. The Morgan fingerprint density at radius 2 is 1.75 bits per heavy atom. The Labute approximate surface area is 351 Å². The third-order valence-electron chi connectivity index (χ3n) is 11.5. The van der Waals surface area contributed by atoms with Crippen molar-refractivity contribution in [3.05, 3.63) is 76.7 Å². The summed E-state index contributed by atoms with van der Waals surface area (Å²) in [4.78, 5) is 93.5. The molecule has 0 spiro atoms. The van der Waals surface area contributed by atoms with Crippen LogP contribution in [0.3, 0.4) is 0 Å². The van der Waals surface area contributed by atoms with Crippen molar-refractivity contribution >= 4 is 52.8 Å². The molecule has 1 unspecified atom stereocenters. The second-order valence-electron chi connectivity index (χ2n) is 15.4. The molecule has 3 aromatic heterocycles. The summed E-state index contributed by atoms with van der Waals surface area (Å²) in [5.41, 5.74) is 3.52. The summed E-state index contributed by atoms with van der Waals surface area (Å²) in [5.74, 6) is -0.858. The molecule has 61 heavy (non-hydrogen) atoms. The van der Waals surface area contributed by atoms with E-state index in [2.05, 4.69) is 32.7 Å². The third kappa shape index (κ3) is 8.30. The molecule has 19 heteroatoms. The van der Waals surface area contributed by atoms with E-state index in [-0.39, 0.29) is 74.7 Å². The van der Waals surface area contributed by atoms with Crippen LogP contribution in [0.4, 0.5) is 17.3 Å². The van der Waals surface area contributed by atoms with Gasteiger partial charge < -0.3 is 29.2 Å². The van der Waals surface area contributed by atoms with Gasteiger partial charge in [0.05, 0.1) is 55.3 Å². The molecule has 1 aromatic carbocycles. The summed E-state index contributed by atoms with van der Waals surface area (Å²) >= 11 is 0. The van der Waals surface area contributed by atoms with E-state index in [1.54, 1.807) is 41.4 Å². The first-order chi connectivity index (χ1) is 29.5. The summed E-state index contributed by atoms with van der Waals surface area (Å²) in [6.45, 7) is 6.97. The normalized spacial score (nSPS) is 18.5. The molecule has 2 saturated heterocycles. The quantitative estimate of drug-likeness (QED) is 0.123. The number of rotatable bonds is 16. The summed E-state index contributed by atoms with van der Waals surface area (Å²) in [7, 11) is 1.69. The van der Waals surface area contributed by atoms with Gasteiger partial charge in [-0.05, 0) is 69.5 Å². The molecule has 4 aromatic rings. The molecule has 19 nitrogen and oxygen atoms in total. The number of amides is 6. The number of hydrogen-bond donors (Lipinski definition) is 2. The van der Waals surface area contributed by atoms with Crippen LogP contribution in [0.1, 0.15) is 81.9 Å². The number of ether oxygens (including phenoxy) is 2. The fraction of sp³-hybridized carbons (Fsp3) is 0.429. The number of piperidine rings is 1. The van der Waals surface area contributed by atoms with Gasteiger partial charge in [0, 0.05) is 50.4 Å². The molecule has 8 rings (SSSR count). The molecule has 0 bridgehead atoms. The zero-order valence-electron chi connectivity index (χ0n) is 34.3. The maximum atomic E-state index is 14.1. The number of imide groups is 2. The van der Waals surface area contributed by atoms with E-state index >= 15 is 0 Å². The molecule has 0 saturated carbocycles. The highest BCUT2D eigenvalue weighted by atomic mass is 16.5. The molecule has 0 radical (unpaired) electrons. The van der Waals surface area contributed by atoms with Crippen LogP contribution in [0.25, 0.3) is 11.5 Å². The average Bonchev–Trinajstić information content (AvgIpc) is 4.04. The molecule has 0 aliphatic carbocycles. The minimum absolute atomic E-state index is 0.0494. The van der Waals surface area contributed by atoms with Gasteiger partial charge in [0.25, 0.3) is 17.7 Å². The maximum Gasteiger partial charge on any atom is 0.262 e. The Bertz CT molecular complexity index is 2400. The lowest BCUT2D eigenvalue weighted by Gasteiger charge is -2.27. The maximum absolute atomic E-state index is 14.1. The molecule has 318 valence electrons. The number of hydrogen-bond acceptors (Lipinski definition) is 14. The molecule has 7 heterocycles. The Morgan fingerprint density at radius 1 is 0.934 bits per heavy atom. The first-order valence-corrected chi connectivity index (χ1v) is 20.5. The van der Waals surface area contributed by atoms with E-state index in [0.717, 1.165) is 29.8 Å². The van der Waals surface area contributed by atoms with Gasteiger partial charge in [0.1, 0.15) is 36.3 Å². The van der Waals surface area contributed by atoms with Crippen molar-refractivity contribution in [3.8, 4) is 11.5 Å². The summed E-state index contributed by atoms with van der Waals surface area (Å²) in [6, 6.07) is 11.4. The van der Waals surface area contributed by atoms with Gasteiger partial charge in [0.15, 0.2) is 5.82 Å². The lowest BCUT2D eigenvalue weighted by molar-refractivity contribution is -0.137. The van der Waals surface area contributed by atoms with Gasteiger partial charge in [-0.25, -0.2) is 9.97 Å². The molecule has 6 amide bonds. The van der Waals surface area contributed by atoms with E-state index < -0.39 is 29.7 Å². The van der Waals surface area contributed by atoms with Gasteiger partial charge in [-0.15, -0.1) is 10.2 Å². The minimum atomic E-state index is -1.03. The molecule has 2 fully saturated rings. The SMILES string of the molecule is CCn1cnnc1-c1cccc(N2Cc3c(cc(N4CCC[C@H]4C)nc3CN(C)C(=O)COCCOCCNc3ccc4c(c3)C(=O)N(C3CCC(=O)NC3=O)C4=O)C2=O)n1. The van der Waals surface area contributed by atoms with E-state index in [1.165, 1.54) is 6.07 Å². The largest absolute Gasteiger partial charge is 0.383 e. The second kappa shape index (κ2) is 17.6. The van der Waals surface area contributed by atoms with Gasteiger partial charge in [0.2, 0.25) is 17.7 Å². The molecule has 2 atom stereocenters. The van der Waals surface area contributed by atoms with Crippen LogP contribution in [0.15, 0.2) is 48.8 Å². The highest BCUT2D eigenvalue weighted by Gasteiger charge is 2.44. The monoisotopic (exact) mass is 833 g/mol. The summed E-state index contributed by atoms with van der Waals surface area (Å²) in [6.07, 6.45) is 3.84.